The van der Waals surface area contributed by atoms with Gasteiger partial charge in [0.05, 0.1) is 5.52 Å². The lowest BCUT2D eigenvalue weighted by molar-refractivity contribution is -0.123. The number of nitrogens with one attached hydrogen (secondary N) is 3. The molecule has 0 aromatic carbocycles. The molecule has 3 N–H and O–H groups in total. The standard InChI is InChI=1S/C12H16N4O2/c1-6-5-7-8(13-6)9(17)15-11(14-7)16-10(18)12(2,3)4/h5,13H,1-4H3,(H2,14,15,16,17,18). The summed E-state index contributed by atoms with van der Waals surface area (Å²) in [6.45, 7) is 7.22. The highest BCUT2D eigenvalue weighted by atomic mass is 16.2. The molecule has 0 aliphatic rings. The van der Waals surface area contributed by atoms with Crippen LogP contribution in [-0.2, 0) is 4.79 Å². The molecule has 0 bridgehead atoms. The number of aromatic amines is 2. The number of H-pyrrole nitrogens is 2. The van der Waals surface area contributed by atoms with Gasteiger partial charge in [-0.15, -0.1) is 0 Å². The zero-order valence-electron chi connectivity index (χ0n) is 10.8. The van der Waals surface area contributed by atoms with Gasteiger partial charge >= 0.3 is 0 Å². The van der Waals surface area contributed by atoms with E-state index in [1.54, 1.807) is 26.8 Å². The van der Waals surface area contributed by atoms with E-state index in [-0.39, 0.29) is 17.4 Å². The van der Waals surface area contributed by atoms with Crippen LogP contribution in [0.1, 0.15) is 26.5 Å². The van der Waals surface area contributed by atoms with Gasteiger partial charge in [-0.3, -0.25) is 19.9 Å². The minimum absolute atomic E-state index is 0.173. The lowest BCUT2D eigenvalue weighted by Gasteiger charge is -2.16. The molecule has 2 rings (SSSR count). The third kappa shape index (κ3) is 2.27. The molecule has 18 heavy (non-hydrogen) atoms. The Labute approximate surface area is 104 Å². The number of hydrogen-bond acceptors (Lipinski definition) is 3. The van der Waals surface area contributed by atoms with Gasteiger partial charge in [0.2, 0.25) is 11.9 Å². The molecule has 96 valence electrons. The summed E-state index contributed by atoms with van der Waals surface area (Å²) in [5.41, 5.74) is 0.975. The lowest BCUT2D eigenvalue weighted by atomic mass is 9.96. The summed E-state index contributed by atoms with van der Waals surface area (Å²) in [5.74, 6) is -0.0244. The molecule has 2 aromatic rings. The van der Waals surface area contributed by atoms with Crippen molar-refractivity contribution < 1.29 is 4.79 Å². The number of anilines is 1. The number of aromatic nitrogens is 3. The van der Waals surface area contributed by atoms with Crippen molar-refractivity contribution in [2.24, 2.45) is 5.41 Å². The molecule has 0 unspecified atom stereocenters. The highest BCUT2D eigenvalue weighted by molar-refractivity contribution is 5.93. The Morgan fingerprint density at radius 3 is 2.61 bits per heavy atom. The summed E-state index contributed by atoms with van der Waals surface area (Å²) in [4.78, 5) is 33.2. The van der Waals surface area contributed by atoms with Crippen LogP contribution in [0, 0.1) is 12.3 Å². The summed E-state index contributed by atoms with van der Waals surface area (Å²) in [6, 6.07) is 1.76. The van der Waals surface area contributed by atoms with E-state index in [9.17, 15) is 9.59 Å². The van der Waals surface area contributed by atoms with Crippen molar-refractivity contribution >= 4 is 22.9 Å². The highest BCUT2D eigenvalue weighted by Crippen LogP contribution is 2.16. The second-order valence-corrected chi connectivity index (χ2v) is 5.33. The Hall–Kier alpha value is -2.11. The summed E-state index contributed by atoms with van der Waals surface area (Å²) in [5, 5.41) is 2.60. The largest absolute Gasteiger partial charge is 0.353 e. The molecule has 0 aliphatic carbocycles. The van der Waals surface area contributed by atoms with Crippen LogP contribution < -0.4 is 10.9 Å². The second-order valence-electron chi connectivity index (χ2n) is 5.33. The van der Waals surface area contributed by atoms with Gasteiger partial charge in [0, 0.05) is 11.1 Å². The first-order valence-corrected chi connectivity index (χ1v) is 5.68. The van der Waals surface area contributed by atoms with E-state index < -0.39 is 5.41 Å². The fourth-order valence-corrected chi connectivity index (χ4v) is 1.51. The SMILES string of the molecule is Cc1cc2nc(NC(=O)C(C)(C)C)[nH]c(=O)c2[nH]1. The monoisotopic (exact) mass is 248 g/mol. The van der Waals surface area contributed by atoms with Crippen LogP contribution in [0.4, 0.5) is 5.95 Å². The molecular weight excluding hydrogens is 232 g/mol. The zero-order valence-corrected chi connectivity index (χ0v) is 10.8. The first-order chi connectivity index (χ1) is 8.27. The first kappa shape index (κ1) is 12.3. The maximum Gasteiger partial charge on any atom is 0.276 e. The van der Waals surface area contributed by atoms with Gasteiger partial charge in [-0.2, -0.15) is 0 Å². The zero-order chi connectivity index (χ0) is 13.5. The number of rotatable bonds is 1. The summed E-state index contributed by atoms with van der Waals surface area (Å²) in [7, 11) is 0. The fourth-order valence-electron chi connectivity index (χ4n) is 1.51. The van der Waals surface area contributed by atoms with E-state index in [2.05, 4.69) is 20.3 Å². The second kappa shape index (κ2) is 3.97. The van der Waals surface area contributed by atoms with Gasteiger partial charge in [-0.1, -0.05) is 20.8 Å². The minimum Gasteiger partial charge on any atom is -0.353 e. The fraction of sp³-hybridized carbons (Fsp3) is 0.417. The average molecular weight is 248 g/mol. The summed E-state index contributed by atoms with van der Waals surface area (Å²) >= 11 is 0. The van der Waals surface area contributed by atoms with Gasteiger partial charge in [0.25, 0.3) is 5.56 Å². The van der Waals surface area contributed by atoms with Gasteiger partial charge in [-0.25, -0.2) is 4.98 Å². The average Bonchev–Trinajstić information content (AvgIpc) is 2.57. The van der Waals surface area contributed by atoms with E-state index in [0.717, 1.165) is 5.69 Å². The van der Waals surface area contributed by atoms with Crippen LogP contribution in [0.15, 0.2) is 10.9 Å². The van der Waals surface area contributed by atoms with E-state index in [4.69, 9.17) is 0 Å². The van der Waals surface area contributed by atoms with E-state index >= 15 is 0 Å². The molecule has 1 amide bonds. The number of carbonyl (C=O) groups excluding carboxylic acids is 1. The van der Waals surface area contributed by atoms with Gasteiger partial charge in [0.1, 0.15) is 5.52 Å². The predicted octanol–water partition coefficient (Wildman–Crippen LogP) is 1.54. The molecule has 0 saturated heterocycles. The van der Waals surface area contributed by atoms with Crippen molar-refractivity contribution in [3.8, 4) is 0 Å². The third-order valence-electron chi connectivity index (χ3n) is 2.54. The van der Waals surface area contributed by atoms with Crippen LogP contribution in [0.2, 0.25) is 0 Å². The molecule has 0 spiro atoms. The summed E-state index contributed by atoms with van der Waals surface area (Å²) < 4.78 is 0. The van der Waals surface area contributed by atoms with Gasteiger partial charge in [0.15, 0.2) is 0 Å². The number of fused-ring (bicyclic) bond motifs is 1. The van der Waals surface area contributed by atoms with Gasteiger partial charge in [-0.05, 0) is 13.0 Å². The van der Waals surface area contributed by atoms with Crippen LogP contribution >= 0.6 is 0 Å². The maximum absolute atomic E-state index is 11.8. The van der Waals surface area contributed by atoms with Crippen LogP contribution in [0.25, 0.3) is 11.0 Å². The van der Waals surface area contributed by atoms with Crippen molar-refractivity contribution in [1.82, 2.24) is 15.0 Å². The molecule has 6 nitrogen and oxygen atoms in total. The molecule has 6 heteroatoms. The number of amides is 1. The number of hydrogen-bond donors (Lipinski definition) is 3. The number of aryl methyl sites for hydroxylation is 1. The number of carbonyl (C=O) groups is 1. The topological polar surface area (TPSA) is 90.6 Å². The summed E-state index contributed by atoms with van der Waals surface area (Å²) in [6.07, 6.45) is 0. The molecule has 2 aromatic heterocycles. The Morgan fingerprint density at radius 2 is 2.00 bits per heavy atom. The molecule has 0 aliphatic heterocycles. The highest BCUT2D eigenvalue weighted by Gasteiger charge is 2.22. The minimum atomic E-state index is -0.540. The van der Waals surface area contributed by atoms with E-state index in [1.165, 1.54) is 0 Å². The van der Waals surface area contributed by atoms with Crippen molar-refractivity contribution in [3.05, 3.63) is 22.1 Å². The third-order valence-corrected chi connectivity index (χ3v) is 2.54. The molecule has 0 atom stereocenters. The molecule has 0 radical (unpaired) electrons. The number of nitrogens with zero attached hydrogens (tertiary/aromatic N) is 1. The molecule has 0 saturated carbocycles. The Balaban J connectivity index is 2.41. The lowest BCUT2D eigenvalue weighted by Crippen LogP contribution is -2.29. The van der Waals surface area contributed by atoms with Crippen LogP contribution in [0.5, 0.6) is 0 Å². The van der Waals surface area contributed by atoms with Crippen molar-refractivity contribution in [2.45, 2.75) is 27.7 Å². The maximum atomic E-state index is 11.8. The Kier molecular flexibility index (Phi) is 2.73. The van der Waals surface area contributed by atoms with Gasteiger partial charge < -0.3 is 4.98 Å². The Bertz CT molecular complexity index is 661. The van der Waals surface area contributed by atoms with Crippen molar-refractivity contribution in [3.63, 3.8) is 0 Å². The Morgan fingerprint density at radius 1 is 1.33 bits per heavy atom. The van der Waals surface area contributed by atoms with Crippen LogP contribution in [-0.4, -0.2) is 20.9 Å². The molecular formula is C12H16N4O2. The smallest absolute Gasteiger partial charge is 0.276 e. The van der Waals surface area contributed by atoms with Crippen molar-refractivity contribution in [2.75, 3.05) is 5.32 Å². The van der Waals surface area contributed by atoms with E-state index in [0.29, 0.717) is 11.0 Å². The van der Waals surface area contributed by atoms with Crippen molar-refractivity contribution in [1.29, 1.82) is 0 Å². The molecule has 0 fully saturated rings. The first-order valence-electron chi connectivity index (χ1n) is 5.68. The predicted molar refractivity (Wildman–Crippen MR) is 69.5 cm³/mol. The van der Waals surface area contributed by atoms with Crippen LogP contribution in [0.3, 0.4) is 0 Å². The van der Waals surface area contributed by atoms with E-state index in [1.807, 2.05) is 6.92 Å². The molecule has 2 heterocycles. The normalized spacial score (nSPS) is 11.8. The quantitative estimate of drug-likeness (QED) is 0.715.